The SMILES string of the molecule is CCOc1ccc(CCC(=O)N2CCC(NC(=O)CC#N)CC2)cc1OC. The standard InChI is InChI=1S/C20H27N3O4/c1-3-27-17-6-4-15(14-18(17)26-2)5-7-20(25)23-12-9-16(10-13-23)22-19(24)8-11-21/h4,6,14,16H,3,5,7-10,12-13H2,1-2H3,(H,22,24). The van der Waals surface area contributed by atoms with Crippen molar-refractivity contribution >= 4 is 11.8 Å². The van der Waals surface area contributed by atoms with E-state index in [4.69, 9.17) is 14.7 Å². The highest BCUT2D eigenvalue weighted by molar-refractivity contribution is 5.78. The van der Waals surface area contributed by atoms with Crippen LogP contribution in [0, 0.1) is 11.3 Å². The second-order valence-electron chi connectivity index (χ2n) is 6.48. The number of likely N-dealkylation sites (tertiary alicyclic amines) is 1. The van der Waals surface area contributed by atoms with E-state index in [1.165, 1.54) is 0 Å². The predicted molar refractivity (Wildman–Crippen MR) is 100 cm³/mol. The molecule has 1 aliphatic heterocycles. The number of carbonyl (C=O) groups is 2. The van der Waals surface area contributed by atoms with E-state index in [1.54, 1.807) is 7.11 Å². The molecule has 27 heavy (non-hydrogen) atoms. The van der Waals surface area contributed by atoms with Gasteiger partial charge in [-0.2, -0.15) is 5.26 Å². The molecule has 0 spiro atoms. The number of methoxy groups -OCH3 is 1. The highest BCUT2D eigenvalue weighted by Crippen LogP contribution is 2.28. The van der Waals surface area contributed by atoms with E-state index in [0.717, 1.165) is 18.4 Å². The molecule has 0 aliphatic carbocycles. The van der Waals surface area contributed by atoms with Crippen LogP contribution in [0.1, 0.15) is 38.2 Å². The molecule has 1 aromatic rings. The summed E-state index contributed by atoms with van der Waals surface area (Å²) in [6.45, 7) is 3.75. The quantitative estimate of drug-likeness (QED) is 0.753. The molecule has 7 heteroatoms. The summed E-state index contributed by atoms with van der Waals surface area (Å²) in [4.78, 5) is 25.8. The number of nitriles is 1. The van der Waals surface area contributed by atoms with Gasteiger partial charge in [-0.3, -0.25) is 9.59 Å². The van der Waals surface area contributed by atoms with Crippen LogP contribution >= 0.6 is 0 Å². The van der Waals surface area contributed by atoms with Crippen LogP contribution in [-0.2, 0) is 16.0 Å². The van der Waals surface area contributed by atoms with Crippen LogP contribution in [0.3, 0.4) is 0 Å². The third-order valence-corrected chi connectivity index (χ3v) is 4.61. The van der Waals surface area contributed by atoms with E-state index in [2.05, 4.69) is 5.32 Å². The van der Waals surface area contributed by atoms with Crippen molar-refractivity contribution in [2.24, 2.45) is 0 Å². The molecule has 0 radical (unpaired) electrons. The molecule has 2 amide bonds. The Labute approximate surface area is 160 Å². The van der Waals surface area contributed by atoms with Gasteiger partial charge >= 0.3 is 0 Å². The number of benzene rings is 1. The van der Waals surface area contributed by atoms with Gasteiger partial charge in [-0.1, -0.05) is 6.07 Å². The minimum Gasteiger partial charge on any atom is -0.493 e. The van der Waals surface area contributed by atoms with Gasteiger partial charge in [0.1, 0.15) is 6.42 Å². The number of rotatable bonds is 8. The van der Waals surface area contributed by atoms with Crippen molar-refractivity contribution in [1.29, 1.82) is 5.26 Å². The first-order chi connectivity index (χ1) is 13.1. The normalized spacial score (nSPS) is 14.3. The summed E-state index contributed by atoms with van der Waals surface area (Å²) >= 11 is 0. The Morgan fingerprint density at radius 1 is 1.30 bits per heavy atom. The van der Waals surface area contributed by atoms with E-state index >= 15 is 0 Å². The zero-order chi connectivity index (χ0) is 19.6. The Balaban J connectivity index is 1.80. The van der Waals surface area contributed by atoms with E-state index in [0.29, 0.717) is 44.0 Å². The van der Waals surface area contributed by atoms with Crippen molar-refractivity contribution in [2.45, 2.75) is 45.1 Å². The first kappa shape index (κ1) is 20.6. The van der Waals surface area contributed by atoms with Crippen LogP contribution < -0.4 is 14.8 Å². The van der Waals surface area contributed by atoms with Gasteiger partial charge in [-0.25, -0.2) is 0 Å². The summed E-state index contributed by atoms with van der Waals surface area (Å²) in [5, 5.41) is 11.4. The Hall–Kier alpha value is -2.75. The number of nitrogens with zero attached hydrogens (tertiary/aromatic N) is 2. The van der Waals surface area contributed by atoms with Crippen molar-refractivity contribution in [3.63, 3.8) is 0 Å². The van der Waals surface area contributed by atoms with Gasteiger partial charge in [0.25, 0.3) is 0 Å². The smallest absolute Gasteiger partial charge is 0.234 e. The number of hydrogen-bond donors (Lipinski definition) is 1. The average Bonchev–Trinajstić information content (AvgIpc) is 2.68. The fourth-order valence-corrected chi connectivity index (χ4v) is 3.18. The van der Waals surface area contributed by atoms with Gasteiger partial charge < -0.3 is 19.7 Å². The third kappa shape index (κ3) is 6.17. The Kier molecular flexibility index (Phi) is 7.93. The summed E-state index contributed by atoms with van der Waals surface area (Å²) in [5.41, 5.74) is 1.03. The van der Waals surface area contributed by atoms with Crippen molar-refractivity contribution < 1.29 is 19.1 Å². The Morgan fingerprint density at radius 2 is 2.04 bits per heavy atom. The van der Waals surface area contributed by atoms with Crippen LogP contribution in [0.15, 0.2) is 18.2 Å². The molecular formula is C20H27N3O4. The van der Waals surface area contributed by atoms with Crippen LogP contribution in [-0.4, -0.2) is 49.6 Å². The lowest BCUT2D eigenvalue weighted by Crippen LogP contribution is -2.46. The van der Waals surface area contributed by atoms with Gasteiger partial charge in [-0.15, -0.1) is 0 Å². The second kappa shape index (κ2) is 10.4. The summed E-state index contributed by atoms with van der Waals surface area (Å²) in [5.74, 6) is 1.25. The topological polar surface area (TPSA) is 91.7 Å². The molecule has 1 aromatic carbocycles. The molecule has 1 aliphatic rings. The van der Waals surface area contributed by atoms with Crippen LogP contribution in [0.5, 0.6) is 11.5 Å². The third-order valence-electron chi connectivity index (χ3n) is 4.61. The number of hydrogen-bond acceptors (Lipinski definition) is 5. The number of nitrogens with one attached hydrogen (secondary N) is 1. The average molecular weight is 373 g/mol. The zero-order valence-electron chi connectivity index (χ0n) is 16.0. The first-order valence-corrected chi connectivity index (χ1v) is 9.31. The lowest BCUT2D eigenvalue weighted by molar-refractivity contribution is -0.132. The summed E-state index contributed by atoms with van der Waals surface area (Å²) in [6, 6.07) is 7.63. The molecular weight excluding hydrogens is 346 g/mol. The molecule has 146 valence electrons. The number of piperidine rings is 1. The predicted octanol–water partition coefficient (Wildman–Crippen LogP) is 2.05. The van der Waals surface area contributed by atoms with E-state index < -0.39 is 0 Å². The molecule has 1 saturated heterocycles. The van der Waals surface area contributed by atoms with Gasteiger partial charge in [0.15, 0.2) is 11.5 Å². The lowest BCUT2D eigenvalue weighted by Gasteiger charge is -2.32. The molecule has 7 nitrogen and oxygen atoms in total. The number of aryl methyl sites for hydroxylation is 1. The lowest BCUT2D eigenvalue weighted by atomic mass is 10.0. The van der Waals surface area contributed by atoms with Crippen LogP contribution in [0.4, 0.5) is 0 Å². The number of ether oxygens (including phenoxy) is 2. The molecule has 1 heterocycles. The molecule has 0 bridgehead atoms. The van der Waals surface area contributed by atoms with Crippen molar-refractivity contribution in [3.05, 3.63) is 23.8 Å². The molecule has 0 unspecified atom stereocenters. The van der Waals surface area contributed by atoms with Crippen LogP contribution in [0.25, 0.3) is 0 Å². The zero-order valence-corrected chi connectivity index (χ0v) is 16.0. The first-order valence-electron chi connectivity index (χ1n) is 9.31. The molecule has 1 N–H and O–H groups in total. The highest BCUT2D eigenvalue weighted by Gasteiger charge is 2.23. The van der Waals surface area contributed by atoms with Gasteiger partial charge in [-0.05, 0) is 43.9 Å². The maximum Gasteiger partial charge on any atom is 0.234 e. The second-order valence-corrected chi connectivity index (χ2v) is 6.48. The molecule has 0 saturated carbocycles. The van der Waals surface area contributed by atoms with E-state index in [-0.39, 0.29) is 24.3 Å². The maximum absolute atomic E-state index is 12.5. The molecule has 2 rings (SSSR count). The van der Waals surface area contributed by atoms with Gasteiger partial charge in [0, 0.05) is 25.6 Å². The van der Waals surface area contributed by atoms with Crippen molar-refractivity contribution in [2.75, 3.05) is 26.8 Å². The fraction of sp³-hybridized carbons (Fsp3) is 0.550. The highest BCUT2D eigenvalue weighted by atomic mass is 16.5. The van der Waals surface area contributed by atoms with Crippen LogP contribution in [0.2, 0.25) is 0 Å². The summed E-state index contributed by atoms with van der Waals surface area (Å²) in [7, 11) is 1.60. The monoisotopic (exact) mass is 373 g/mol. The maximum atomic E-state index is 12.5. The Morgan fingerprint density at radius 3 is 2.67 bits per heavy atom. The minimum atomic E-state index is -0.244. The van der Waals surface area contributed by atoms with Crippen molar-refractivity contribution in [1.82, 2.24) is 10.2 Å². The largest absolute Gasteiger partial charge is 0.493 e. The van der Waals surface area contributed by atoms with E-state index in [1.807, 2.05) is 36.1 Å². The summed E-state index contributed by atoms with van der Waals surface area (Å²) in [6.07, 6.45) is 2.40. The van der Waals surface area contributed by atoms with Gasteiger partial charge in [0.05, 0.1) is 19.8 Å². The molecule has 1 fully saturated rings. The molecule has 0 aromatic heterocycles. The number of amides is 2. The van der Waals surface area contributed by atoms with Crippen molar-refractivity contribution in [3.8, 4) is 17.6 Å². The fourth-order valence-electron chi connectivity index (χ4n) is 3.18. The minimum absolute atomic E-state index is 0.0465. The molecule has 0 atom stereocenters. The Bertz CT molecular complexity index is 691. The van der Waals surface area contributed by atoms with E-state index in [9.17, 15) is 9.59 Å². The number of carbonyl (C=O) groups excluding carboxylic acids is 2. The van der Waals surface area contributed by atoms with Gasteiger partial charge in [0.2, 0.25) is 11.8 Å². The summed E-state index contributed by atoms with van der Waals surface area (Å²) < 4.78 is 10.9.